The maximum atomic E-state index is 11.1. The van der Waals surface area contributed by atoms with E-state index in [1.807, 2.05) is 13.0 Å². The highest BCUT2D eigenvalue weighted by atomic mass is 16.4. The van der Waals surface area contributed by atoms with E-state index in [1.54, 1.807) is 12.1 Å². The lowest BCUT2D eigenvalue weighted by Crippen LogP contribution is -2.09. The summed E-state index contributed by atoms with van der Waals surface area (Å²) in [5.74, 6) is -0.889. The van der Waals surface area contributed by atoms with E-state index in [9.17, 15) is 4.79 Å². The Labute approximate surface area is 118 Å². The van der Waals surface area contributed by atoms with Crippen LogP contribution in [0.15, 0.2) is 42.5 Å². The summed E-state index contributed by atoms with van der Waals surface area (Å²) < 4.78 is 0. The minimum atomic E-state index is -0.889. The van der Waals surface area contributed by atoms with Gasteiger partial charge < -0.3 is 10.4 Å². The minimum Gasteiger partial charge on any atom is -0.478 e. The Bertz CT molecular complexity index is 664. The third kappa shape index (κ3) is 2.27. The number of carboxylic acid groups (broad SMARTS) is 1. The molecule has 3 rings (SSSR count). The molecule has 0 saturated heterocycles. The molecule has 2 N–H and O–H groups in total. The van der Waals surface area contributed by atoms with E-state index in [-0.39, 0.29) is 6.04 Å². The first-order chi connectivity index (χ1) is 9.65. The second-order valence-corrected chi connectivity index (χ2v) is 5.27. The zero-order valence-corrected chi connectivity index (χ0v) is 11.4. The van der Waals surface area contributed by atoms with Crippen LogP contribution in [0, 0.1) is 6.92 Å². The van der Waals surface area contributed by atoms with Gasteiger partial charge in [-0.25, -0.2) is 4.79 Å². The molecule has 2 aromatic rings. The minimum absolute atomic E-state index is 0.272. The summed E-state index contributed by atoms with van der Waals surface area (Å²) in [6.45, 7) is 1.99. The van der Waals surface area contributed by atoms with Crippen LogP contribution in [0.4, 0.5) is 5.69 Å². The fourth-order valence-corrected chi connectivity index (χ4v) is 2.81. The number of anilines is 1. The number of benzene rings is 2. The molecule has 2 aromatic carbocycles. The molecule has 0 bridgehead atoms. The molecular weight excluding hydrogens is 250 g/mol. The lowest BCUT2D eigenvalue weighted by Gasteiger charge is -2.18. The van der Waals surface area contributed by atoms with Crippen LogP contribution in [-0.4, -0.2) is 11.1 Å². The van der Waals surface area contributed by atoms with Crippen molar-refractivity contribution in [1.29, 1.82) is 0 Å². The summed E-state index contributed by atoms with van der Waals surface area (Å²) in [7, 11) is 0. The van der Waals surface area contributed by atoms with Crippen LogP contribution < -0.4 is 5.32 Å². The fourth-order valence-electron chi connectivity index (χ4n) is 2.81. The molecule has 0 heterocycles. The number of nitrogens with one attached hydrogen (secondary N) is 1. The maximum Gasteiger partial charge on any atom is 0.335 e. The first-order valence-electron chi connectivity index (χ1n) is 6.83. The number of carbonyl (C=O) groups is 1. The van der Waals surface area contributed by atoms with Gasteiger partial charge in [0.05, 0.1) is 11.6 Å². The van der Waals surface area contributed by atoms with Crippen LogP contribution in [0.1, 0.15) is 39.5 Å². The van der Waals surface area contributed by atoms with Crippen molar-refractivity contribution in [1.82, 2.24) is 0 Å². The van der Waals surface area contributed by atoms with Crippen LogP contribution in [-0.2, 0) is 6.42 Å². The lowest BCUT2D eigenvalue weighted by atomic mass is 10.1. The quantitative estimate of drug-likeness (QED) is 0.889. The van der Waals surface area contributed by atoms with Gasteiger partial charge in [0.25, 0.3) is 0 Å². The second kappa shape index (κ2) is 5.00. The van der Waals surface area contributed by atoms with Crippen molar-refractivity contribution in [2.24, 2.45) is 0 Å². The zero-order valence-electron chi connectivity index (χ0n) is 11.4. The molecule has 1 atom stereocenters. The Kier molecular flexibility index (Phi) is 3.18. The van der Waals surface area contributed by atoms with Crippen LogP contribution in [0.5, 0.6) is 0 Å². The number of rotatable bonds is 3. The molecule has 0 amide bonds. The Balaban J connectivity index is 1.89. The van der Waals surface area contributed by atoms with Crippen LogP contribution >= 0.6 is 0 Å². The molecule has 1 unspecified atom stereocenters. The standard InChI is InChI=1S/C17H17NO2/c1-11-6-7-13(17(19)20)10-16(11)18-15-9-8-12-4-2-3-5-14(12)15/h2-7,10,15,18H,8-9H2,1H3,(H,19,20). The number of hydrogen-bond acceptors (Lipinski definition) is 2. The summed E-state index contributed by atoms with van der Waals surface area (Å²) in [5.41, 5.74) is 5.01. The maximum absolute atomic E-state index is 11.1. The van der Waals surface area contributed by atoms with E-state index in [0.717, 1.165) is 24.1 Å². The summed E-state index contributed by atoms with van der Waals surface area (Å²) >= 11 is 0. The van der Waals surface area contributed by atoms with Crippen molar-refractivity contribution in [3.05, 3.63) is 64.7 Å². The highest BCUT2D eigenvalue weighted by molar-refractivity contribution is 5.89. The van der Waals surface area contributed by atoms with Gasteiger partial charge in [-0.3, -0.25) is 0 Å². The topological polar surface area (TPSA) is 49.3 Å². The van der Waals surface area contributed by atoms with Crippen molar-refractivity contribution < 1.29 is 9.90 Å². The summed E-state index contributed by atoms with van der Waals surface area (Å²) in [6.07, 6.45) is 2.13. The van der Waals surface area contributed by atoms with Gasteiger partial charge in [0.1, 0.15) is 0 Å². The number of fused-ring (bicyclic) bond motifs is 1. The average molecular weight is 267 g/mol. The van der Waals surface area contributed by atoms with E-state index >= 15 is 0 Å². The van der Waals surface area contributed by atoms with E-state index in [1.165, 1.54) is 11.1 Å². The first-order valence-corrected chi connectivity index (χ1v) is 6.83. The highest BCUT2D eigenvalue weighted by Gasteiger charge is 2.22. The number of aromatic carboxylic acids is 1. The zero-order chi connectivity index (χ0) is 14.1. The average Bonchev–Trinajstić information content (AvgIpc) is 2.84. The Hall–Kier alpha value is -2.29. The first kappa shape index (κ1) is 12.7. The number of hydrogen-bond donors (Lipinski definition) is 2. The third-order valence-electron chi connectivity index (χ3n) is 3.95. The monoisotopic (exact) mass is 267 g/mol. The van der Waals surface area contributed by atoms with Gasteiger partial charge in [0, 0.05) is 5.69 Å². The van der Waals surface area contributed by atoms with Gasteiger partial charge >= 0.3 is 5.97 Å². The SMILES string of the molecule is Cc1ccc(C(=O)O)cc1NC1CCc2ccccc21. The Morgan fingerprint density at radius 3 is 2.85 bits per heavy atom. The molecular formula is C17H17NO2. The molecule has 0 saturated carbocycles. The molecule has 0 radical (unpaired) electrons. The number of carboxylic acids is 1. The van der Waals surface area contributed by atoms with Crippen molar-refractivity contribution in [2.75, 3.05) is 5.32 Å². The molecule has 102 valence electrons. The molecule has 3 nitrogen and oxygen atoms in total. The van der Waals surface area contributed by atoms with Gasteiger partial charge in [0.2, 0.25) is 0 Å². The molecule has 20 heavy (non-hydrogen) atoms. The molecule has 0 spiro atoms. The molecule has 1 aliphatic rings. The molecule has 1 aliphatic carbocycles. The van der Waals surface area contributed by atoms with Crippen LogP contribution in [0.25, 0.3) is 0 Å². The second-order valence-electron chi connectivity index (χ2n) is 5.27. The van der Waals surface area contributed by atoms with Crippen molar-refractivity contribution in [3.8, 4) is 0 Å². The fraction of sp³-hybridized carbons (Fsp3) is 0.235. The van der Waals surface area contributed by atoms with E-state index in [4.69, 9.17) is 5.11 Å². The summed E-state index contributed by atoms with van der Waals surface area (Å²) in [4.78, 5) is 11.1. The Morgan fingerprint density at radius 1 is 1.25 bits per heavy atom. The summed E-state index contributed by atoms with van der Waals surface area (Å²) in [5, 5.41) is 12.6. The van der Waals surface area contributed by atoms with Gasteiger partial charge in [-0.15, -0.1) is 0 Å². The molecule has 0 aromatic heterocycles. The summed E-state index contributed by atoms with van der Waals surface area (Å²) in [6, 6.07) is 13.9. The van der Waals surface area contributed by atoms with Crippen molar-refractivity contribution >= 4 is 11.7 Å². The predicted molar refractivity (Wildman–Crippen MR) is 79.3 cm³/mol. The molecule has 3 heteroatoms. The number of aryl methyl sites for hydroxylation is 2. The van der Waals surface area contributed by atoms with Gasteiger partial charge in [-0.2, -0.15) is 0 Å². The van der Waals surface area contributed by atoms with Crippen molar-refractivity contribution in [2.45, 2.75) is 25.8 Å². The van der Waals surface area contributed by atoms with Crippen molar-refractivity contribution in [3.63, 3.8) is 0 Å². The van der Waals surface area contributed by atoms with Gasteiger partial charge in [-0.05, 0) is 48.6 Å². The molecule has 0 aliphatic heterocycles. The smallest absolute Gasteiger partial charge is 0.335 e. The Morgan fingerprint density at radius 2 is 2.05 bits per heavy atom. The molecule has 0 fully saturated rings. The largest absolute Gasteiger partial charge is 0.478 e. The van der Waals surface area contributed by atoms with Gasteiger partial charge in [0.15, 0.2) is 0 Å². The van der Waals surface area contributed by atoms with E-state index in [0.29, 0.717) is 5.56 Å². The van der Waals surface area contributed by atoms with E-state index in [2.05, 4.69) is 29.6 Å². The highest BCUT2D eigenvalue weighted by Crippen LogP contribution is 2.34. The predicted octanol–water partition coefficient (Wildman–Crippen LogP) is 3.79. The van der Waals surface area contributed by atoms with Gasteiger partial charge in [-0.1, -0.05) is 30.3 Å². The normalized spacial score (nSPS) is 16.8. The lowest BCUT2D eigenvalue weighted by molar-refractivity contribution is 0.0697. The van der Waals surface area contributed by atoms with Crippen LogP contribution in [0.3, 0.4) is 0 Å². The van der Waals surface area contributed by atoms with E-state index < -0.39 is 5.97 Å². The van der Waals surface area contributed by atoms with Crippen LogP contribution in [0.2, 0.25) is 0 Å². The third-order valence-corrected chi connectivity index (χ3v) is 3.95.